The van der Waals surface area contributed by atoms with E-state index >= 15 is 0 Å². The maximum atomic E-state index is 12.8. The second-order valence-corrected chi connectivity index (χ2v) is 8.88. The van der Waals surface area contributed by atoms with Gasteiger partial charge in [-0.15, -0.1) is 0 Å². The molecule has 1 unspecified atom stereocenters. The fourth-order valence-corrected chi connectivity index (χ4v) is 4.72. The predicted octanol–water partition coefficient (Wildman–Crippen LogP) is 2.59. The number of piperidine rings is 1. The highest BCUT2D eigenvalue weighted by molar-refractivity contribution is 7.89. The van der Waals surface area contributed by atoms with Crippen molar-refractivity contribution in [1.29, 1.82) is 0 Å². The first-order valence-electron chi connectivity index (χ1n) is 9.02. The van der Waals surface area contributed by atoms with Gasteiger partial charge < -0.3 is 10.1 Å². The topological polar surface area (TPSA) is 92.8 Å². The van der Waals surface area contributed by atoms with Gasteiger partial charge in [-0.25, -0.2) is 13.2 Å². The van der Waals surface area contributed by atoms with Crippen molar-refractivity contribution in [3.8, 4) is 0 Å². The van der Waals surface area contributed by atoms with Crippen LogP contribution in [-0.2, 0) is 19.6 Å². The first-order chi connectivity index (χ1) is 12.8. The molecule has 1 aromatic carbocycles. The number of amides is 1. The molecule has 1 aliphatic rings. The number of esters is 1. The lowest BCUT2D eigenvalue weighted by Gasteiger charge is -2.26. The Hall–Kier alpha value is -1.64. The van der Waals surface area contributed by atoms with Crippen LogP contribution in [0.15, 0.2) is 23.1 Å². The Morgan fingerprint density at radius 3 is 2.56 bits per heavy atom. The van der Waals surface area contributed by atoms with Gasteiger partial charge in [-0.1, -0.05) is 24.9 Å². The molecule has 0 radical (unpaired) electrons. The van der Waals surface area contributed by atoms with Crippen LogP contribution in [0.3, 0.4) is 0 Å². The number of halogens is 1. The number of sulfonamides is 1. The summed E-state index contributed by atoms with van der Waals surface area (Å²) in [6.45, 7) is 4.21. The zero-order chi connectivity index (χ0) is 20.0. The molecule has 0 aliphatic carbocycles. The van der Waals surface area contributed by atoms with Crippen LogP contribution < -0.4 is 5.32 Å². The van der Waals surface area contributed by atoms with Crippen LogP contribution in [0.25, 0.3) is 0 Å². The zero-order valence-corrected chi connectivity index (χ0v) is 17.1. The number of nitrogens with one attached hydrogen (secondary N) is 1. The van der Waals surface area contributed by atoms with Crippen molar-refractivity contribution in [1.82, 2.24) is 9.62 Å². The highest BCUT2D eigenvalue weighted by atomic mass is 35.5. The summed E-state index contributed by atoms with van der Waals surface area (Å²) >= 11 is 6.08. The molecule has 27 heavy (non-hydrogen) atoms. The van der Waals surface area contributed by atoms with Crippen molar-refractivity contribution in [2.45, 2.75) is 50.5 Å². The van der Waals surface area contributed by atoms with Gasteiger partial charge in [0.15, 0.2) is 6.61 Å². The van der Waals surface area contributed by atoms with E-state index in [1.807, 2.05) is 13.8 Å². The van der Waals surface area contributed by atoms with Gasteiger partial charge in [0.05, 0.1) is 10.6 Å². The summed E-state index contributed by atoms with van der Waals surface area (Å²) in [5.41, 5.74) is 0.0336. The van der Waals surface area contributed by atoms with E-state index in [0.29, 0.717) is 13.1 Å². The van der Waals surface area contributed by atoms with E-state index in [1.165, 1.54) is 22.5 Å². The fourth-order valence-electron chi connectivity index (χ4n) is 2.71. The van der Waals surface area contributed by atoms with E-state index in [-0.39, 0.29) is 21.5 Å². The maximum Gasteiger partial charge on any atom is 0.338 e. The van der Waals surface area contributed by atoms with Gasteiger partial charge in [0.2, 0.25) is 10.0 Å². The van der Waals surface area contributed by atoms with Gasteiger partial charge in [-0.3, -0.25) is 4.79 Å². The van der Waals surface area contributed by atoms with E-state index in [2.05, 4.69) is 5.32 Å². The third-order valence-corrected chi connectivity index (χ3v) is 6.83. The first-order valence-corrected chi connectivity index (χ1v) is 10.8. The van der Waals surface area contributed by atoms with Crippen molar-refractivity contribution >= 4 is 33.5 Å². The molecule has 0 saturated carbocycles. The molecule has 1 saturated heterocycles. The Morgan fingerprint density at radius 1 is 1.26 bits per heavy atom. The minimum Gasteiger partial charge on any atom is -0.452 e. The largest absolute Gasteiger partial charge is 0.452 e. The van der Waals surface area contributed by atoms with Crippen LogP contribution in [0.5, 0.6) is 0 Å². The molecule has 0 spiro atoms. The first kappa shape index (κ1) is 21.7. The Bertz CT molecular complexity index is 791. The van der Waals surface area contributed by atoms with Gasteiger partial charge in [0.1, 0.15) is 4.90 Å². The fraction of sp³-hybridized carbons (Fsp3) is 0.556. The molecule has 9 heteroatoms. The summed E-state index contributed by atoms with van der Waals surface area (Å²) < 4.78 is 32.0. The summed E-state index contributed by atoms with van der Waals surface area (Å²) in [4.78, 5) is 23.8. The maximum absolute atomic E-state index is 12.8. The molecular formula is C18H25ClN2O5S. The van der Waals surface area contributed by atoms with E-state index in [1.54, 1.807) is 0 Å². The second-order valence-electron chi connectivity index (χ2n) is 6.56. The van der Waals surface area contributed by atoms with Crippen LogP contribution in [-0.4, -0.2) is 50.3 Å². The molecular weight excluding hydrogens is 392 g/mol. The van der Waals surface area contributed by atoms with Crippen LogP contribution in [0.1, 0.15) is 49.9 Å². The molecule has 0 aromatic heterocycles. The number of ether oxygens (including phenoxy) is 1. The summed E-state index contributed by atoms with van der Waals surface area (Å²) in [5, 5.41) is 2.73. The summed E-state index contributed by atoms with van der Waals surface area (Å²) in [5.74, 6) is -1.19. The van der Waals surface area contributed by atoms with E-state index in [0.717, 1.165) is 25.7 Å². The molecule has 1 aromatic rings. The number of hydrogen-bond donors (Lipinski definition) is 1. The Labute approximate surface area is 165 Å². The number of carbonyl (C=O) groups excluding carboxylic acids is 2. The molecule has 150 valence electrons. The molecule has 7 nitrogen and oxygen atoms in total. The summed E-state index contributed by atoms with van der Waals surface area (Å²) in [6, 6.07) is 3.93. The lowest BCUT2D eigenvalue weighted by molar-refractivity contribution is -0.124. The summed E-state index contributed by atoms with van der Waals surface area (Å²) in [7, 11) is -3.78. The molecule has 1 atom stereocenters. The number of rotatable bonds is 7. The number of nitrogens with zero attached hydrogens (tertiary/aromatic N) is 1. The third kappa shape index (κ3) is 5.67. The standard InChI is InChI=1S/C18H25ClN2O5S/c1-3-13(2)20-17(22)12-26-18(23)14-7-8-15(19)16(11-14)27(24,25)21-9-5-4-6-10-21/h7-8,11,13H,3-6,9-10,12H2,1-2H3,(H,20,22). The average molecular weight is 417 g/mol. The molecule has 1 amide bonds. The predicted molar refractivity (Wildman–Crippen MR) is 102 cm³/mol. The lowest BCUT2D eigenvalue weighted by atomic mass is 10.2. The Kier molecular flexibility index (Phi) is 7.64. The van der Waals surface area contributed by atoms with Crippen LogP contribution in [0.4, 0.5) is 0 Å². The van der Waals surface area contributed by atoms with Crippen LogP contribution in [0.2, 0.25) is 5.02 Å². The number of hydrogen-bond acceptors (Lipinski definition) is 5. The van der Waals surface area contributed by atoms with Gasteiger partial charge in [-0.05, 0) is 44.4 Å². The van der Waals surface area contributed by atoms with Crippen LogP contribution >= 0.6 is 11.6 Å². The van der Waals surface area contributed by atoms with E-state index < -0.39 is 28.5 Å². The van der Waals surface area contributed by atoms with Gasteiger partial charge in [0, 0.05) is 19.1 Å². The lowest BCUT2D eigenvalue weighted by Crippen LogP contribution is -2.36. The van der Waals surface area contributed by atoms with Crippen molar-refractivity contribution < 1.29 is 22.7 Å². The molecule has 2 rings (SSSR count). The summed E-state index contributed by atoms with van der Waals surface area (Å²) in [6.07, 6.45) is 3.34. The average Bonchev–Trinajstić information content (AvgIpc) is 2.66. The monoisotopic (exact) mass is 416 g/mol. The molecule has 1 fully saturated rings. The van der Waals surface area contributed by atoms with Gasteiger partial charge in [-0.2, -0.15) is 4.31 Å². The van der Waals surface area contributed by atoms with Gasteiger partial charge >= 0.3 is 5.97 Å². The third-order valence-electron chi connectivity index (χ3n) is 4.45. The highest BCUT2D eigenvalue weighted by Gasteiger charge is 2.29. The smallest absolute Gasteiger partial charge is 0.338 e. The molecule has 1 heterocycles. The molecule has 1 aliphatic heterocycles. The Morgan fingerprint density at radius 2 is 1.93 bits per heavy atom. The van der Waals surface area contributed by atoms with Gasteiger partial charge in [0.25, 0.3) is 5.91 Å². The van der Waals surface area contributed by atoms with E-state index in [4.69, 9.17) is 16.3 Å². The quantitative estimate of drug-likeness (QED) is 0.689. The number of benzene rings is 1. The van der Waals surface area contributed by atoms with Crippen molar-refractivity contribution in [3.05, 3.63) is 28.8 Å². The van der Waals surface area contributed by atoms with Crippen molar-refractivity contribution in [3.63, 3.8) is 0 Å². The second kappa shape index (κ2) is 9.52. The van der Waals surface area contributed by atoms with Crippen molar-refractivity contribution in [2.24, 2.45) is 0 Å². The van der Waals surface area contributed by atoms with Crippen molar-refractivity contribution in [2.75, 3.05) is 19.7 Å². The minimum absolute atomic E-state index is 0.0203. The van der Waals surface area contributed by atoms with Crippen LogP contribution in [0, 0.1) is 0 Å². The highest BCUT2D eigenvalue weighted by Crippen LogP contribution is 2.28. The SMILES string of the molecule is CCC(C)NC(=O)COC(=O)c1ccc(Cl)c(S(=O)(=O)N2CCCCC2)c1. The van der Waals surface area contributed by atoms with E-state index in [9.17, 15) is 18.0 Å². The molecule has 1 N–H and O–H groups in total. The minimum atomic E-state index is -3.78. The Balaban J connectivity index is 2.12. The zero-order valence-electron chi connectivity index (χ0n) is 15.5. The normalized spacial score (nSPS) is 16.6. The molecule has 0 bridgehead atoms. The number of carbonyl (C=O) groups is 2.